The Bertz CT molecular complexity index is 289. The summed E-state index contributed by atoms with van der Waals surface area (Å²) in [5.74, 6) is 0.571. The highest BCUT2D eigenvalue weighted by molar-refractivity contribution is 5.88. The largest absolute Gasteiger partial charge is 0.307 e. The first-order valence-electron chi connectivity index (χ1n) is 6.65. The Morgan fingerprint density at radius 2 is 2.00 bits per heavy atom. The maximum absolute atomic E-state index is 12.0. The van der Waals surface area contributed by atoms with Crippen LogP contribution in [0.5, 0.6) is 0 Å². The van der Waals surface area contributed by atoms with Gasteiger partial charge in [0.15, 0.2) is 0 Å². The van der Waals surface area contributed by atoms with Crippen LogP contribution in [0.25, 0.3) is 0 Å². The maximum Gasteiger partial charge on any atom is 0.149 e. The first kappa shape index (κ1) is 14.4. The molecule has 1 aliphatic heterocycles. The molecule has 0 amide bonds. The van der Waals surface area contributed by atoms with Crippen molar-refractivity contribution in [2.75, 3.05) is 6.54 Å². The van der Waals surface area contributed by atoms with Crippen LogP contribution in [-0.2, 0) is 9.59 Å². The number of carbonyl (C=O) groups is 2. The predicted octanol–water partition coefficient (Wildman–Crippen LogP) is 2.34. The maximum atomic E-state index is 12.0. The summed E-state index contributed by atoms with van der Waals surface area (Å²) in [4.78, 5) is 23.9. The van der Waals surface area contributed by atoms with E-state index in [-0.39, 0.29) is 28.9 Å². The van der Waals surface area contributed by atoms with Gasteiger partial charge in [0.25, 0.3) is 0 Å². The van der Waals surface area contributed by atoms with E-state index in [0.29, 0.717) is 12.8 Å². The van der Waals surface area contributed by atoms with E-state index in [1.807, 2.05) is 27.7 Å². The second-order valence-electron chi connectivity index (χ2n) is 6.02. The average Bonchev–Trinajstić information content (AvgIpc) is 2.78. The molecule has 1 unspecified atom stereocenters. The Labute approximate surface area is 104 Å². The van der Waals surface area contributed by atoms with E-state index in [9.17, 15) is 9.59 Å². The molecular weight excluding hydrogens is 214 g/mol. The van der Waals surface area contributed by atoms with Gasteiger partial charge in [-0.3, -0.25) is 9.59 Å². The van der Waals surface area contributed by atoms with Crippen LogP contribution in [-0.4, -0.2) is 24.2 Å². The number of Topliss-reactive ketones (excluding diaryl/α,β-unsaturated/α-hetero) is 2. The van der Waals surface area contributed by atoms with Crippen LogP contribution in [0.3, 0.4) is 0 Å². The zero-order chi connectivity index (χ0) is 13.1. The molecule has 0 aromatic heterocycles. The molecule has 1 atom stereocenters. The highest BCUT2D eigenvalue weighted by Gasteiger charge is 2.31. The van der Waals surface area contributed by atoms with E-state index in [2.05, 4.69) is 5.32 Å². The van der Waals surface area contributed by atoms with Crippen LogP contribution in [0, 0.1) is 11.3 Å². The molecule has 3 heteroatoms. The lowest BCUT2D eigenvalue weighted by atomic mass is 9.78. The van der Waals surface area contributed by atoms with E-state index in [4.69, 9.17) is 0 Å². The molecule has 98 valence electrons. The molecule has 0 aromatic carbocycles. The molecule has 0 saturated carbocycles. The Kier molecular flexibility index (Phi) is 4.87. The Morgan fingerprint density at radius 3 is 2.47 bits per heavy atom. The van der Waals surface area contributed by atoms with Crippen molar-refractivity contribution < 1.29 is 9.59 Å². The molecule has 0 aromatic rings. The van der Waals surface area contributed by atoms with Gasteiger partial charge in [-0.2, -0.15) is 0 Å². The van der Waals surface area contributed by atoms with Crippen molar-refractivity contribution in [2.24, 2.45) is 11.3 Å². The van der Waals surface area contributed by atoms with Gasteiger partial charge in [0.05, 0.1) is 6.04 Å². The Hall–Kier alpha value is -0.700. The SMILES string of the molecule is CC(C)C(=O)C(C)(C)CCC(=O)C1CCCN1. The van der Waals surface area contributed by atoms with Gasteiger partial charge in [-0.25, -0.2) is 0 Å². The van der Waals surface area contributed by atoms with Crippen LogP contribution in [0.1, 0.15) is 53.4 Å². The number of nitrogens with one attached hydrogen (secondary N) is 1. The monoisotopic (exact) mass is 239 g/mol. The third-order valence-corrected chi connectivity index (χ3v) is 3.64. The van der Waals surface area contributed by atoms with E-state index in [0.717, 1.165) is 19.4 Å². The topological polar surface area (TPSA) is 46.2 Å². The molecule has 0 radical (unpaired) electrons. The smallest absolute Gasteiger partial charge is 0.149 e. The zero-order valence-corrected chi connectivity index (χ0v) is 11.5. The van der Waals surface area contributed by atoms with Crippen molar-refractivity contribution in [3.63, 3.8) is 0 Å². The molecule has 1 saturated heterocycles. The zero-order valence-electron chi connectivity index (χ0n) is 11.5. The van der Waals surface area contributed by atoms with Crippen LogP contribution >= 0.6 is 0 Å². The molecule has 0 bridgehead atoms. The molecule has 1 N–H and O–H groups in total. The summed E-state index contributed by atoms with van der Waals surface area (Å²) in [5, 5.41) is 3.21. The minimum Gasteiger partial charge on any atom is -0.307 e. The van der Waals surface area contributed by atoms with Crippen LogP contribution in [0.15, 0.2) is 0 Å². The molecule has 0 spiro atoms. The van der Waals surface area contributed by atoms with Gasteiger partial charge in [0.1, 0.15) is 11.6 Å². The summed E-state index contributed by atoms with van der Waals surface area (Å²) >= 11 is 0. The quantitative estimate of drug-likeness (QED) is 0.774. The Balaban J connectivity index is 2.43. The lowest BCUT2D eigenvalue weighted by Gasteiger charge is -2.25. The van der Waals surface area contributed by atoms with Crippen molar-refractivity contribution in [1.82, 2.24) is 5.32 Å². The lowest BCUT2D eigenvalue weighted by molar-refractivity contribution is -0.131. The van der Waals surface area contributed by atoms with Gasteiger partial charge in [-0.15, -0.1) is 0 Å². The first-order chi connectivity index (χ1) is 7.84. The normalized spacial score (nSPS) is 20.9. The van der Waals surface area contributed by atoms with E-state index < -0.39 is 0 Å². The van der Waals surface area contributed by atoms with Gasteiger partial charge in [-0.1, -0.05) is 27.7 Å². The van der Waals surface area contributed by atoms with E-state index >= 15 is 0 Å². The first-order valence-corrected chi connectivity index (χ1v) is 6.65. The third-order valence-electron chi connectivity index (χ3n) is 3.64. The average molecular weight is 239 g/mol. The van der Waals surface area contributed by atoms with Crippen LogP contribution in [0.4, 0.5) is 0 Å². The number of carbonyl (C=O) groups excluding carboxylic acids is 2. The number of hydrogen-bond donors (Lipinski definition) is 1. The molecule has 1 aliphatic rings. The minimum absolute atomic E-state index is 0.0416. The van der Waals surface area contributed by atoms with Crippen molar-refractivity contribution >= 4 is 11.6 Å². The second kappa shape index (κ2) is 5.76. The summed E-state index contributed by atoms with van der Waals surface area (Å²) in [5.41, 5.74) is -0.373. The molecule has 3 nitrogen and oxygen atoms in total. The highest BCUT2D eigenvalue weighted by atomic mass is 16.1. The highest BCUT2D eigenvalue weighted by Crippen LogP contribution is 2.27. The molecule has 17 heavy (non-hydrogen) atoms. The van der Waals surface area contributed by atoms with Crippen molar-refractivity contribution in [3.8, 4) is 0 Å². The van der Waals surface area contributed by atoms with Gasteiger partial charge in [0.2, 0.25) is 0 Å². The molecular formula is C14H25NO2. The minimum atomic E-state index is -0.373. The van der Waals surface area contributed by atoms with Crippen molar-refractivity contribution in [2.45, 2.75) is 59.4 Å². The number of ketones is 2. The molecule has 0 aliphatic carbocycles. The lowest BCUT2D eigenvalue weighted by Crippen LogP contribution is -2.33. The fraction of sp³-hybridized carbons (Fsp3) is 0.857. The predicted molar refractivity (Wildman–Crippen MR) is 68.9 cm³/mol. The molecule has 1 fully saturated rings. The van der Waals surface area contributed by atoms with E-state index in [1.54, 1.807) is 0 Å². The number of hydrogen-bond acceptors (Lipinski definition) is 3. The van der Waals surface area contributed by atoms with Crippen molar-refractivity contribution in [1.29, 1.82) is 0 Å². The fourth-order valence-electron chi connectivity index (χ4n) is 2.47. The standard InChI is InChI=1S/C14H25NO2/c1-10(2)13(17)14(3,4)8-7-12(16)11-6-5-9-15-11/h10-11,15H,5-9H2,1-4H3. The van der Waals surface area contributed by atoms with Gasteiger partial charge >= 0.3 is 0 Å². The fourth-order valence-corrected chi connectivity index (χ4v) is 2.47. The number of rotatable bonds is 6. The van der Waals surface area contributed by atoms with Gasteiger partial charge in [-0.05, 0) is 25.8 Å². The summed E-state index contributed by atoms with van der Waals surface area (Å²) < 4.78 is 0. The molecule has 1 rings (SSSR count). The molecule has 1 heterocycles. The van der Waals surface area contributed by atoms with E-state index in [1.165, 1.54) is 0 Å². The summed E-state index contributed by atoms with van der Waals surface area (Å²) in [7, 11) is 0. The summed E-state index contributed by atoms with van der Waals surface area (Å²) in [6, 6.07) is 0.0416. The second-order valence-corrected chi connectivity index (χ2v) is 6.02. The van der Waals surface area contributed by atoms with Gasteiger partial charge in [0, 0.05) is 17.8 Å². The Morgan fingerprint density at radius 1 is 1.35 bits per heavy atom. The third kappa shape index (κ3) is 3.91. The summed E-state index contributed by atoms with van der Waals surface area (Å²) in [6.07, 6.45) is 3.23. The van der Waals surface area contributed by atoms with Gasteiger partial charge < -0.3 is 5.32 Å². The van der Waals surface area contributed by atoms with Crippen molar-refractivity contribution in [3.05, 3.63) is 0 Å². The van der Waals surface area contributed by atoms with Crippen LogP contribution in [0.2, 0.25) is 0 Å². The van der Waals surface area contributed by atoms with Crippen LogP contribution < -0.4 is 5.32 Å². The summed E-state index contributed by atoms with van der Waals surface area (Å²) in [6.45, 7) is 8.69.